The predicted molar refractivity (Wildman–Crippen MR) is 89.6 cm³/mol. The third-order valence-electron chi connectivity index (χ3n) is 3.73. The van der Waals surface area contributed by atoms with E-state index in [1.165, 1.54) is 24.0 Å². The molecule has 0 saturated heterocycles. The lowest BCUT2D eigenvalue weighted by atomic mass is 10.1. The number of halogens is 2. The molecule has 0 bridgehead atoms. The maximum atomic E-state index is 6.18. The van der Waals surface area contributed by atoms with Gasteiger partial charge in [0.2, 0.25) is 0 Å². The van der Waals surface area contributed by atoms with Crippen molar-refractivity contribution < 1.29 is 0 Å². The standard InChI is InChI=1S/C17H17BrClN/c1-11-7-15(18)17(9-16(11)19)20-10-12-3-2-4-14(8-12)13-5-6-13/h2-4,7-9,13,20H,5-6,10H2,1H3. The molecule has 0 heterocycles. The molecule has 3 rings (SSSR count). The van der Waals surface area contributed by atoms with Crippen molar-refractivity contribution in [3.8, 4) is 0 Å². The molecule has 104 valence electrons. The summed E-state index contributed by atoms with van der Waals surface area (Å²) in [7, 11) is 0. The monoisotopic (exact) mass is 349 g/mol. The average molecular weight is 351 g/mol. The van der Waals surface area contributed by atoms with Crippen LogP contribution >= 0.6 is 27.5 Å². The Morgan fingerprint density at radius 2 is 2.05 bits per heavy atom. The van der Waals surface area contributed by atoms with Crippen LogP contribution in [0.5, 0.6) is 0 Å². The molecule has 1 aliphatic carbocycles. The lowest BCUT2D eigenvalue weighted by Crippen LogP contribution is -2.01. The molecule has 20 heavy (non-hydrogen) atoms. The smallest absolute Gasteiger partial charge is 0.0502 e. The Hall–Kier alpha value is -0.990. The van der Waals surface area contributed by atoms with E-state index in [0.29, 0.717) is 0 Å². The quantitative estimate of drug-likeness (QED) is 0.723. The highest BCUT2D eigenvalue weighted by Gasteiger charge is 2.23. The molecule has 0 amide bonds. The maximum Gasteiger partial charge on any atom is 0.0502 e. The van der Waals surface area contributed by atoms with Crippen LogP contribution in [0.1, 0.15) is 35.4 Å². The molecule has 1 N–H and O–H groups in total. The van der Waals surface area contributed by atoms with Gasteiger partial charge in [0.1, 0.15) is 0 Å². The largest absolute Gasteiger partial charge is 0.380 e. The Kier molecular flexibility index (Phi) is 4.04. The van der Waals surface area contributed by atoms with Gasteiger partial charge in [-0.15, -0.1) is 0 Å². The summed E-state index contributed by atoms with van der Waals surface area (Å²) in [6.45, 7) is 2.83. The van der Waals surface area contributed by atoms with Crippen molar-refractivity contribution in [1.29, 1.82) is 0 Å². The summed E-state index contributed by atoms with van der Waals surface area (Å²) in [5.41, 5.74) is 4.92. The second-order valence-corrected chi connectivity index (χ2v) is 6.72. The van der Waals surface area contributed by atoms with E-state index in [1.807, 2.05) is 19.1 Å². The summed E-state index contributed by atoms with van der Waals surface area (Å²) < 4.78 is 1.05. The normalized spacial score (nSPS) is 14.3. The van der Waals surface area contributed by atoms with E-state index in [2.05, 4.69) is 45.5 Å². The van der Waals surface area contributed by atoms with E-state index in [1.54, 1.807) is 0 Å². The van der Waals surface area contributed by atoms with Gasteiger partial charge in [0, 0.05) is 16.0 Å². The first-order valence-corrected chi connectivity index (χ1v) is 8.09. The lowest BCUT2D eigenvalue weighted by molar-refractivity contribution is 1.08. The van der Waals surface area contributed by atoms with Crippen molar-refractivity contribution in [3.63, 3.8) is 0 Å². The minimum absolute atomic E-state index is 0.794. The second kappa shape index (κ2) is 5.79. The van der Waals surface area contributed by atoms with Crippen molar-refractivity contribution in [1.82, 2.24) is 0 Å². The first-order chi connectivity index (χ1) is 9.63. The molecule has 0 radical (unpaired) electrons. The molecule has 3 heteroatoms. The summed E-state index contributed by atoms with van der Waals surface area (Å²) in [6.07, 6.45) is 2.69. The number of anilines is 1. The molecule has 1 aliphatic rings. The van der Waals surface area contributed by atoms with Gasteiger partial charge in [0.05, 0.1) is 5.69 Å². The van der Waals surface area contributed by atoms with Gasteiger partial charge in [0.15, 0.2) is 0 Å². The fourth-order valence-corrected chi connectivity index (χ4v) is 3.11. The zero-order valence-corrected chi connectivity index (χ0v) is 13.8. The summed E-state index contributed by atoms with van der Waals surface area (Å²) >= 11 is 9.76. The molecular weight excluding hydrogens is 334 g/mol. The van der Waals surface area contributed by atoms with Crippen LogP contribution in [0.2, 0.25) is 5.02 Å². The number of aryl methyl sites for hydroxylation is 1. The number of benzene rings is 2. The summed E-state index contributed by atoms with van der Waals surface area (Å²) in [5, 5.41) is 4.25. The van der Waals surface area contributed by atoms with Crippen LogP contribution in [0, 0.1) is 6.92 Å². The van der Waals surface area contributed by atoms with Crippen molar-refractivity contribution in [3.05, 3.63) is 62.6 Å². The Bertz CT molecular complexity index is 635. The van der Waals surface area contributed by atoms with Crippen LogP contribution in [-0.2, 0) is 6.54 Å². The van der Waals surface area contributed by atoms with Gasteiger partial charge in [-0.05, 0) is 70.4 Å². The molecule has 0 atom stereocenters. The predicted octanol–water partition coefficient (Wildman–Crippen LogP) is 5.90. The fraction of sp³-hybridized carbons (Fsp3) is 0.294. The molecule has 2 aromatic carbocycles. The summed E-state index contributed by atoms with van der Waals surface area (Å²) in [6, 6.07) is 12.9. The Balaban J connectivity index is 1.73. The molecule has 0 aliphatic heterocycles. The van der Waals surface area contributed by atoms with Crippen LogP contribution in [0.3, 0.4) is 0 Å². The van der Waals surface area contributed by atoms with Gasteiger partial charge in [-0.1, -0.05) is 35.9 Å². The first kappa shape index (κ1) is 14.0. The molecule has 1 fully saturated rings. The molecule has 1 saturated carbocycles. The Labute approximate surface area is 133 Å². The van der Waals surface area contributed by atoms with Gasteiger partial charge >= 0.3 is 0 Å². The zero-order valence-electron chi connectivity index (χ0n) is 11.4. The molecule has 2 aromatic rings. The Morgan fingerprint density at radius 3 is 2.80 bits per heavy atom. The van der Waals surface area contributed by atoms with E-state index in [4.69, 9.17) is 11.6 Å². The zero-order chi connectivity index (χ0) is 14.1. The SMILES string of the molecule is Cc1cc(Br)c(NCc2cccc(C3CC3)c2)cc1Cl. The maximum absolute atomic E-state index is 6.18. The van der Waals surface area contributed by atoms with E-state index in [-0.39, 0.29) is 0 Å². The lowest BCUT2D eigenvalue weighted by Gasteiger charge is -2.11. The van der Waals surface area contributed by atoms with Crippen LogP contribution < -0.4 is 5.32 Å². The van der Waals surface area contributed by atoms with Crippen molar-refractivity contribution in [2.75, 3.05) is 5.32 Å². The van der Waals surface area contributed by atoms with Gasteiger partial charge in [-0.3, -0.25) is 0 Å². The van der Waals surface area contributed by atoms with Crippen LogP contribution in [-0.4, -0.2) is 0 Å². The first-order valence-electron chi connectivity index (χ1n) is 6.92. The van der Waals surface area contributed by atoms with Crippen LogP contribution in [0.4, 0.5) is 5.69 Å². The van der Waals surface area contributed by atoms with Gasteiger partial charge in [0.25, 0.3) is 0 Å². The highest BCUT2D eigenvalue weighted by molar-refractivity contribution is 9.10. The summed E-state index contributed by atoms with van der Waals surface area (Å²) in [4.78, 5) is 0. The third kappa shape index (κ3) is 3.18. The van der Waals surface area contributed by atoms with E-state index < -0.39 is 0 Å². The topological polar surface area (TPSA) is 12.0 Å². The van der Waals surface area contributed by atoms with Crippen molar-refractivity contribution >= 4 is 33.2 Å². The highest BCUT2D eigenvalue weighted by atomic mass is 79.9. The molecule has 1 nitrogen and oxygen atoms in total. The van der Waals surface area contributed by atoms with Gasteiger partial charge in [-0.25, -0.2) is 0 Å². The van der Waals surface area contributed by atoms with E-state index >= 15 is 0 Å². The third-order valence-corrected chi connectivity index (χ3v) is 4.79. The van der Waals surface area contributed by atoms with Gasteiger partial charge in [-0.2, -0.15) is 0 Å². The average Bonchev–Trinajstić information content (AvgIpc) is 3.26. The van der Waals surface area contributed by atoms with Crippen LogP contribution in [0.25, 0.3) is 0 Å². The number of hydrogen-bond acceptors (Lipinski definition) is 1. The van der Waals surface area contributed by atoms with Crippen molar-refractivity contribution in [2.45, 2.75) is 32.2 Å². The molecular formula is C17H17BrClN. The number of nitrogens with one attached hydrogen (secondary N) is 1. The van der Waals surface area contributed by atoms with Gasteiger partial charge < -0.3 is 5.32 Å². The number of rotatable bonds is 4. The minimum atomic E-state index is 0.794. The van der Waals surface area contributed by atoms with E-state index in [9.17, 15) is 0 Å². The fourth-order valence-electron chi connectivity index (χ4n) is 2.35. The molecule has 0 aromatic heterocycles. The Morgan fingerprint density at radius 1 is 1.25 bits per heavy atom. The molecule has 0 unspecified atom stereocenters. The highest BCUT2D eigenvalue weighted by Crippen LogP contribution is 2.40. The number of hydrogen-bond donors (Lipinski definition) is 1. The summed E-state index contributed by atoms with van der Waals surface area (Å²) in [5.74, 6) is 0.801. The molecule has 0 spiro atoms. The van der Waals surface area contributed by atoms with Crippen LogP contribution in [0.15, 0.2) is 40.9 Å². The van der Waals surface area contributed by atoms with Crippen molar-refractivity contribution in [2.24, 2.45) is 0 Å². The minimum Gasteiger partial charge on any atom is -0.380 e. The second-order valence-electron chi connectivity index (χ2n) is 5.45. The van der Waals surface area contributed by atoms with E-state index in [0.717, 1.165) is 33.2 Å².